The quantitative estimate of drug-likeness (QED) is 0.829. The van der Waals surface area contributed by atoms with E-state index in [0.29, 0.717) is 5.69 Å². The van der Waals surface area contributed by atoms with Gasteiger partial charge in [-0.05, 0) is 42.1 Å². The fourth-order valence-corrected chi connectivity index (χ4v) is 2.55. The summed E-state index contributed by atoms with van der Waals surface area (Å²) in [5.74, 6) is -1.25. The zero-order valence-corrected chi connectivity index (χ0v) is 12.3. The molecular weight excluding hydrogens is 286 g/mol. The van der Waals surface area contributed by atoms with Gasteiger partial charge in [0.2, 0.25) is 5.91 Å². The summed E-state index contributed by atoms with van der Waals surface area (Å²) in [6.45, 7) is 1.87. The molecule has 1 unspecified atom stereocenters. The Morgan fingerprint density at radius 3 is 2.52 bits per heavy atom. The molecule has 1 aromatic heterocycles. The molecule has 1 heterocycles. The third-order valence-electron chi connectivity index (χ3n) is 2.96. The lowest BCUT2D eigenvalue weighted by molar-refractivity contribution is -0.131. The summed E-state index contributed by atoms with van der Waals surface area (Å²) >= 11 is 1.56. The molecule has 0 spiro atoms. The van der Waals surface area contributed by atoms with Crippen LogP contribution in [-0.4, -0.2) is 17.0 Å². The van der Waals surface area contributed by atoms with Crippen molar-refractivity contribution in [1.82, 2.24) is 0 Å². The Morgan fingerprint density at radius 2 is 1.95 bits per heavy atom. The number of nitrogens with one attached hydrogen (secondary N) is 1. The first-order chi connectivity index (χ1) is 10.1. The molecule has 0 fully saturated rings. The van der Waals surface area contributed by atoms with Gasteiger partial charge in [0.25, 0.3) is 0 Å². The number of hydrogen-bond acceptors (Lipinski definition) is 3. The van der Waals surface area contributed by atoms with Crippen molar-refractivity contribution in [3.63, 3.8) is 0 Å². The Balaban J connectivity index is 2.00. The first-order valence-corrected chi connectivity index (χ1v) is 7.29. The van der Waals surface area contributed by atoms with Crippen LogP contribution in [0, 0.1) is 0 Å². The predicted molar refractivity (Wildman–Crippen MR) is 84.5 cm³/mol. The lowest BCUT2D eigenvalue weighted by atomic mass is 10.1. The van der Waals surface area contributed by atoms with Crippen LogP contribution in [0.25, 0.3) is 6.08 Å². The maximum Gasteiger partial charge on any atom is 0.328 e. The van der Waals surface area contributed by atoms with Gasteiger partial charge in [-0.3, -0.25) is 4.79 Å². The minimum atomic E-state index is -0.989. The standard InChI is InChI=1S/C16H15NO3S/c1-11(14-3-2-10-21-14)16(20)17-13-7-4-12(5-8-13)6-9-15(18)19/h2-11H,1H3,(H,17,20)(H,18,19). The first kappa shape index (κ1) is 15.0. The summed E-state index contributed by atoms with van der Waals surface area (Å²) in [7, 11) is 0. The van der Waals surface area contributed by atoms with E-state index < -0.39 is 5.97 Å². The maximum absolute atomic E-state index is 12.1. The first-order valence-electron chi connectivity index (χ1n) is 6.41. The van der Waals surface area contributed by atoms with E-state index in [-0.39, 0.29) is 11.8 Å². The fraction of sp³-hybridized carbons (Fsp3) is 0.125. The molecule has 2 rings (SSSR count). The molecule has 108 valence electrons. The number of thiophene rings is 1. The molecule has 0 aliphatic carbocycles. The van der Waals surface area contributed by atoms with Crippen molar-refractivity contribution in [2.75, 3.05) is 5.32 Å². The summed E-state index contributed by atoms with van der Waals surface area (Å²) in [5.41, 5.74) is 1.46. The van der Waals surface area contributed by atoms with Crippen molar-refractivity contribution in [1.29, 1.82) is 0 Å². The maximum atomic E-state index is 12.1. The van der Waals surface area contributed by atoms with Crippen LogP contribution < -0.4 is 5.32 Å². The van der Waals surface area contributed by atoms with Crippen molar-refractivity contribution in [3.8, 4) is 0 Å². The third kappa shape index (κ3) is 4.29. The lowest BCUT2D eigenvalue weighted by Crippen LogP contribution is -2.17. The Hall–Kier alpha value is -2.40. The topological polar surface area (TPSA) is 66.4 Å². The summed E-state index contributed by atoms with van der Waals surface area (Å²) < 4.78 is 0. The number of hydrogen-bond donors (Lipinski definition) is 2. The van der Waals surface area contributed by atoms with Gasteiger partial charge in [-0.15, -0.1) is 11.3 Å². The van der Waals surface area contributed by atoms with E-state index in [0.717, 1.165) is 16.5 Å². The highest BCUT2D eigenvalue weighted by Gasteiger charge is 2.15. The van der Waals surface area contributed by atoms with E-state index >= 15 is 0 Å². The second-order valence-corrected chi connectivity index (χ2v) is 5.50. The summed E-state index contributed by atoms with van der Waals surface area (Å²) in [6, 6.07) is 10.9. The molecule has 0 saturated carbocycles. The highest BCUT2D eigenvalue weighted by atomic mass is 32.1. The van der Waals surface area contributed by atoms with Gasteiger partial charge >= 0.3 is 5.97 Å². The van der Waals surface area contributed by atoms with Crippen LogP contribution in [0.3, 0.4) is 0 Å². The van der Waals surface area contributed by atoms with Crippen molar-refractivity contribution >= 4 is 35.0 Å². The van der Waals surface area contributed by atoms with Crippen molar-refractivity contribution < 1.29 is 14.7 Å². The van der Waals surface area contributed by atoms with Crippen molar-refractivity contribution in [2.24, 2.45) is 0 Å². The lowest BCUT2D eigenvalue weighted by Gasteiger charge is -2.10. The van der Waals surface area contributed by atoms with Gasteiger partial charge in [-0.25, -0.2) is 4.79 Å². The van der Waals surface area contributed by atoms with E-state index in [4.69, 9.17) is 5.11 Å². The van der Waals surface area contributed by atoms with Crippen LogP contribution in [-0.2, 0) is 9.59 Å². The zero-order valence-electron chi connectivity index (χ0n) is 11.4. The largest absolute Gasteiger partial charge is 0.478 e. The average molecular weight is 301 g/mol. The zero-order chi connectivity index (χ0) is 15.2. The van der Waals surface area contributed by atoms with Crippen LogP contribution in [0.4, 0.5) is 5.69 Å². The van der Waals surface area contributed by atoms with E-state index in [1.54, 1.807) is 35.6 Å². The van der Waals surface area contributed by atoms with Crippen LogP contribution in [0.5, 0.6) is 0 Å². The van der Waals surface area contributed by atoms with Gasteiger partial charge < -0.3 is 10.4 Å². The second kappa shape index (κ2) is 6.85. The smallest absolute Gasteiger partial charge is 0.328 e. The monoisotopic (exact) mass is 301 g/mol. The molecule has 5 heteroatoms. The number of rotatable bonds is 5. The number of benzene rings is 1. The predicted octanol–water partition coefficient (Wildman–Crippen LogP) is 3.59. The van der Waals surface area contributed by atoms with Gasteiger partial charge in [0.1, 0.15) is 0 Å². The van der Waals surface area contributed by atoms with Crippen LogP contribution in [0.15, 0.2) is 47.9 Å². The van der Waals surface area contributed by atoms with Gasteiger partial charge in [-0.1, -0.05) is 18.2 Å². The number of aliphatic carboxylic acids is 1. The van der Waals surface area contributed by atoms with Crippen molar-refractivity contribution in [2.45, 2.75) is 12.8 Å². The number of carboxylic acids is 1. The molecule has 2 aromatic rings. The summed E-state index contributed by atoms with van der Waals surface area (Å²) in [6.07, 6.45) is 2.58. The third-order valence-corrected chi connectivity index (χ3v) is 4.01. The fourth-order valence-electron chi connectivity index (χ4n) is 1.76. The Bertz CT molecular complexity index is 645. The van der Waals surface area contributed by atoms with Crippen LogP contribution in [0.2, 0.25) is 0 Å². The Morgan fingerprint density at radius 1 is 1.24 bits per heavy atom. The highest BCUT2D eigenvalue weighted by Crippen LogP contribution is 2.22. The number of carboxylic acid groups (broad SMARTS) is 1. The number of anilines is 1. The van der Waals surface area contributed by atoms with Crippen molar-refractivity contribution in [3.05, 3.63) is 58.3 Å². The molecule has 0 aliphatic rings. The molecule has 0 saturated heterocycles. The highest BCUT2D eigenvalue weighted by molar-refractivity contribution is 7.10. The molecular formula is C16H15NO3S. The van der Waals surface area contributed by atoms with E-state index in [1.165, 1.54) is 6.08 Å². The van der Waals surface area contributed by atoms with Gasteiger partial charge in [0.15, 0.2) is 0 Å². The molecule has 4 nitrogen and oxygen atoms in total. The Labute approximate surface area is 126 Å². The van der Waals surface area contributed by atoms with Crippen LogP contribution >= 0.6 is 11.3 Å². The number of carbonyl (C=O) groups excluding carboxylic acids is 1. The van der Waals surface area contributed by atoms with Gasteiger partial charge in [0.05, 0.1) is 5.92 Å². The van der Waals surface area contributed by atoms with E-state index in [1.807, 2.05) is 24.4 Å². The Kier molecular flexibility index (Phi) is 4.90. The summed E-state index contributed by atoms with van der Waals surface area (Å²) in [5, 5.41) is 13.4. The number of carbonyl (C=O) groups is 2. The molecule has 0 bridgehead atoms. The summed E-state index contributed by atoms with van der Waals surface area (Å²) in [4.78, 5) is 23.6. The average Bonchev–Trinajstić information content (AvgIpc) is 2.99. The van der Waals surface area contributed by atoms with Gasteiger partial charge in [0, 0.05) is 16.6 Å². The second-order valence-electron chi connectivity index (χ2n) is 4.52. The molecule has 0 aliphatic heterocycles. The molecule has 2 N–H and O–H groups in total. The molecule has 1 amide bonds. The molecule has 21 heavy (non-hydrogen) atoms. The minimum Gasteiger partial charge on any atom is -0.478 e. The SMILES string of the molecule is CC(C(=O)Nc1ccc(C=CC(=O)O)cc1)c1cccs1. The molecule has 1 atom stereocenters. The molecule has 0 radical (unpaired) electrons. The van der Waals surface area contributed by atoms with E-state index in [9.17, 15) is 9.59 Å². The van der Waals surface area contributed by atoms with Gasteiger partial charge in [-0.2, -0.15) is 0 Å². The number of amides is 1. The van der Waals surface area contributed by atoms with E-state index in [2.05, 4.69) is 5.32 Å². The van der Waals surface area contributed by atoms with Crippen LogP contribution in [0.1, 0.15) is 23.3 Å². The normalized spacial score (nSPS) is 12.2. The molecule has 1 aromatic carbocycles. The minimum absolute atomic E-state index is 0.0636.